The number of hydrogen-bond acceptors (Lipinski definition) is 5. The monoisotopic (exact) mass is 321 g/mol. The van der Waals surface area contributed by atoms with E-state index in [0.29, 0.717) is 34.6 Å². The minimum atomic E-state index is -0.207. The summed E-state index contributed by atoms with van der Waals surface area (Å²) in [6.07, 6.45) is 3.89. The predicted molar refractivity (Wildman–Crippen MR) is 87.7 cm³/mol. The summed E-state index contributed by atoms with van der Waals surface area (Å²) in [5.74, 6) is 0.526. The van der Waals surface area contributed by atoms with Gasteiger partial charge in [0.2, 0.25) is 5.88 Å². The molecule has 1 aromatic carbocycles. The Kier molecular flexibility index (Phi) is 4.38. The fourth-order valence-electron chi connectivity index (χ4n) is 2.18. The molecule has 0 spiro atoms. The van der Waals surface area contributed by atoms with Crippen molar-refractivity contribution in [3.05, 3.63) is 47.8 Å². The van der Waals surface area contributed by atoms with E-state index >= 15 is 0 Å². The van der Waals surface area contributed by atoms with Crippen LogP contribution in [-0.2, 0) is 0 Å². The van der Waals surface area contributed by atoms with Crippen LogP contribution < -0.4 is 10.1 Å². The van der Waals surface area contributed by atoms with E-state index in [-0.39, 0.29) is 11.8 Å². The van der Waals surface area contributed by atoms with Gasteiger partial charge in [-0.15, -0.1) is 0 Å². The SMILES string of the molecule is CCCNC(=O)c1c[nH]c2ncc(Oc3cccc(C#N)c3)nc12. The number of nitrogens with zero attached hydrogens (tertiary/aromatic N) is 3. The average Bonchev–Trinajstić information content (AvgIpc) is 3.03. The Hall–Kier alpha value is -3.40. The van der Waals surface area contributed by atoms with Crippen LogP contribution >= 0.6 is 0 Å². The predicted octanol–water partition coefficient (Wildman–Crippen LogP) is 2.76. The number of amides is 1. The summed E-state index contributed by atoms with van der Waals surface area (Å²) in [5, 5.41) is 11.7. The van der Waals surface area contributed by atoms with Gasteiger partial charge in [0.05, 0.1) is 23.4 Å². The smallest absolute Gasteiger partial charge is 0.255 e. The van der Waals surface area contributed by atoms with E-state index < -0.39 is 0 Å². The van der Waals surface area contributed by atoms with Gasteiger partial charge in [-0.25, -0.2) is 9.97 Å². The van der Waals surface area contributed by atoms with Gasteiger partial charge in [0, 0.05) is 12.7 Å². The molecular formula is C17H15N5O2. The van der Waals surface area contributed by atoms with Crippen molar-refractivity contribution >= 4 is 17.1 Å². The summed E-state index contributed by atoms with van der Waals surface area (Å²) in [6.45, 7) is 2.58. The Bertz CT molecular complexity index is 926. The molecule has 7 nitrogen and oxygen atoms in total. The van der Waals surface area contributed by atoms with Crippen molar-refractivity contribution in [3.8, 4) is 17.7 Å². The zero-order valence-electron chi connectivity index (χ0n) is 13.0. The Morgan fingerprint density at radius 2 is 2.33 bits per heavy atom. The lowest BCUT2D eigenvalue weighted by Gasteiger charge is -2.05. The number of ether oxygens (including phenoxy) is 1. The maximum absolute atomic E-state index is 12.2. The first kappa shape index (κ1) is 15.5. The summed E-state index contributed by atoms with van der Waals surface area (Å²) < 4.78 is 5.64. The standard InChI is InChI=1S/C17H15N5O2/c1-2-6-19-17(23)13-9-20-16-15(13)22-14(10-21-16)24-12-5-3-4-11(7-12)8-18/h3-5,7,9-10H,2,6H2,1H3,(H,19,23)(H,20,21). The quantitative estimate of drug-likeness (QED) is 0.752. The highest BCUT2D eigenvalue weighted by molar-refractivity contribution is 6.04. The van der Waals surface area contributed by atoms with Crippen LogP contribution in [-0.4, -0.2) is 27.4 Å². The van der Waals surface area contributed by atoms with E-state index in [1.54, 1.807) is 30.5 Å². The molecule has 0 bridgehead atoms. The molecular weight excluding hydrogens is 306 g/mol. The van der Waals surface area contributed by atoms with Crippen molar-refractivity contribution in [2.75, 3.05) is 6.54 Å². The normalized spacial score (nSPS) is 10.3. The molecule has 0 atom stereocenters. The highest BCUT2D eigenvalue weighted by Crippen LogP contribution is 2.23. The number of aromatic amines is 1. The number of nitriles is 1. The van der Waals surface area contributed by atoms with E-state index in [4.69, 9.17) is 10.00 Å². The third-order valence-electron chi connectivity index (χ3n) is 3.32. The fraction of sp³-hybridized carbons (Fsp3) is 0.176. The molecule has 0 fully saturated rings. The molecule has 2 heterocycles. The zero-order valence-corrected chi connectivity index (χ0v) is 13.0. The molecule has 2 N–H and O–H groups in total. The highest BCUT2D eigenvalue weighted by Gasteiger charge is 2.15. The van der Waals surface area contributed by atoms with Crippen molar-refractivity contribution in [2.45, 2.75) is 13.3 Å². The molecule has 2 aromatic heterocycles. The van der Waals surface area contributed by atoms with Crippen LogP contribution in [0.5, 0.6) is 11.6 Å². The summed E-state index contributed by atoms with van der Waals surface area (Å²) in [5.41, 5.74) is 1.86. The molecule has 0 aliphatic carbocycles. The van der Waals surface area contributed by atoms with E-state index in [1.807, 2.05) is 13.0 Å². The number of nitrogens with one attached hydrogen (secondary N) is 2. The number of rotatable bonds is 5. The minimum absolute atomic E-state index is 0.207. The van der Waals surface area contributed by atoms with Crippen molar-refractivity contribution in [2.24, 2.45) is 0 Å². The lowest BCUT2D eigenvalue weighted by atomic mass is 10.2. The third kappa shape index (κ3) is 3.17. The number of benzene rings is 1. The first-order chi connectivity index (χ1) is 11.7. The third-order valence-corrected chi connectivity index (χ3v) is 3.32. The maximum atomic E-state index is 12.2. The highest BCUT2D eigenvalue weighted by atomic mass is 16.5. The van der Waals surface area contributed by atoms with Crippen LogP contribution in [0.1, 0.15) is 29.3 Å². The van der Waals surface area contributed by atoms with Crippen molar-refractivity contribution in [1.29, 1.82) is 5.26 Å². The number of aromatic nitrogens is 3. The molecule has 0 saturated heterocycles. The lowest BCUT2D eigenvalue weighted by molar-refractivity contribution is 0.0955. The van der Waals surface area contributed by atoms with Crippen LogP contribution in [0, 0.1) is 11.3 Å². The van der Waals surface area contributed by atoms with E-state index in [9.17, 15) is 4.79 Å². The second-order valence-corrected chi connectivity index (χ2v) is 5.11. The second-order valence-electron chi connectivity index (χ2n) is 5.11. The molecule has 120 valence electrons. The number of H-pyrrole nitrogens is 1. The van der Waals surface area contributed by atoms with Gasteiger partial charge >= 0.3 is 0 Å². The number of fused-ring (bicyclic) bond motifs is 1. The first-order valence-electron chi connectivity index (χ1n) is 7.51. The molecule has 0 aliphatic rings. The summed E-state index contributed by atoms with van der Waals surface area (Å²) >= 11 is 0. The zero-order chi connectivity index (χ0) is 16.9. The molecule has 3 aromatic rings. The van der Waals surface area contributed by atoms with Crippen LogP contribution in [0.3, 0.4) is 0 Å². The van der Waals surface area contributed by atoms with Crippen LogP contribution in [0.2, 0.25) is 0 Å². The van der Waals surface area contributed by atoms with Gasteiger partial charge < -0.3 is 15.0 Å². The Balaban J connectivity index is 1.90. The van der Waals surface area contributed by atoms with Gasteiger partial charge in [-0.05, 0) is 24.6 Å². The van der Waals surface area contributed by atoms with Gasteiger partial charge in [-0.3, -0.25) is 4.79 Å². The summed E-state index contributed by atoms with van der Waals surface area (Å²) in [7, 11) is 0. The summed E-state index contributed by atoms with van der Waals surface area (Å²) in [4.78, 5) is 23.6. The molecule has 0 saturated carbocycles. The second kappa shape index (κ2) is 6.79. The molecule has 1 amide bonds. The van der Waals surface area contributed by atoms with E-state index in [2.05, 4.69) is 20.3 Å². The van der Waals surface area contributed by atoms with Gasteiger partial charge in [0.15, 0.2) is 5.65 Å². The van der Waals surface area contributed by atoms with E-state index in [1.165, 1.54) is 6.20 Å². The molecule has 3 rings (SSSR count). The molecule has 0 aliphatic heterocycles. The largest absolute Gasteiger partial charge is 0.437 e. The Morgan fingerprint density at radius 1 is 1.46 bits per heavy atom. The van der Waals surface area contributed by atoms with Gasteiger partial charge in [-0.1, -0.05) is 13.0 Å². The van der Waals surface area contributed by atoms with Crippen LogP contribution in [0.4, 0.5) is 0 Å². The summed E-state index contributed by atoms with van der Waals surface area (Å²) in [6, 6.07) is 8.78. The van der Waals surface area contributed by atoms with Gasteiger partial charge in [0.25, 0.3) is 5.91 Å². The Morgan fingerprint density at radius 3 is 3.12 bits per heavy atom. The first-order valence-corrected chi connectivity index (χ1v) is 7.51. The lowest BCUT2D eigenvalue weighted by Crippen LogP contribution is -2.23. The molecule has 0 unspecified atom stereocenters. The van der Waals surface area contributed by atoms with Gasteiger partial charge in [-0.2, -0.15) is 5.26 Å². The number of carbonyl (C=O) groups excluding carboxylic acids is 1. The maximum Gasteiger partial charge on any atom is 0.255 e. The minimum Gasteiger partial charge on any atom is -0.437 e. The molecule has 24 heavy (non-hydrogen) atoms. The van der Waals surface area contributed by atoms with E-state index in [0.717, 1.165) is 6.42 Å². The van der Waals surface area contributed by atoms with Crippen LogP contribution in [0.25, 0.3) is 11.2 Å². The van der Waals surface area contributed by atoms with Crippen molar-refractivity contribution in [1.82, 2.24) is 20.3 Å². The van der Waals surface area contributed by atoms with Gasteiger partial charge in [0.1, 0.15) is 11.3 Å². The average molecular weight is 321 g/mol. The van der Waals surface area contributed by atoms with Crippen LogP contribution in [0.15, 0.2) is 36.7 Å². The van der Waals surface area contributed by atoms with Crippen molar-refractivity contribution < 1.29 is 9.53 Å². The number of carbonyl (C=O) groups is 1. The van der Waals surface area contributed by atoms with Crippen molar-refractivity contribution in [3.63, 3.8) is 0 Å². The molecule has 0 radical (unpaired) electrons. The topological polar surface area (TPSA) is 104 Å². The number of hydrogen-bond donors (Lipinski definition) is 2. The fourth-order valence-corrected chi connectivity index (χ4v) is 2.18. The molecule has 7 heteroatoms. The Labute approximate surface area is 138 Å².